The lowest BCUT2D eigenvalue weighted by molar-refractivity contribution is -0.384. The summed E-state index contributed by atoms with van der Waals surface area (Å²) in [6.45, 7) is 1.13. The van der Waals surface area contributed by atoms with Crippen molar-refractivity contribution in [1.82, 2.24) is 4.90 Å². The van der Waals surface area contributed by atoms with Gasteiger partial charge < -0.3 is 15.5 Å². The number of nitrogens with zero attached hydrogens (tertiary/aromatic N) is 3. The Bertz CT molecular complexity index is 898. The van der Waals surface area contributed by atoms with Gasteiger partial charge in [-0.1, -0.05) is 0 Å². The normalized spacial score (nSPS) is 14.3. The number of hydrogen-bond donors (Lipinski definition) is 1. The molecule has 0 saturated carbocycles. The summed E-state index contributed by atoms with van der Waals surface area (Å²) in [4.78, 5) is 26.2. The molecule has 0 spiro atoms. The highest BCUT2D eigenvalue weighted by atomic mass is 35.5. The van der Waals surface area contributed by atoms with Gasteiger partial charge >= 0.3 is 6.18 Å². The number of piperazine rings is 1. The molecule has 1 fully saturated rings. The largest absolute Gasteiger partial charge is 0.416 e. The van der Waals surface area contributed by atoms with Gasteiger partial charge in [-0.25, -0.2) is 0 Å². The highest BCUT2D eigenvalue weighted by Crippen LogP contribution is 2.36. The Labute approximate surface area is 170 Å². The molecule has 1 aliphatic heterocycles. The molecule has 0 unspecified atom stereocenters. The van der Waals surface area contributed by atoms with Crippen LogP contribution in [-0.4, -0.2) is 41.9 Å². The number of nitro groups is 1. The minimum absolute atomic E-state index is 0. The van der Waals surface area contributed by atoms with Gasteiger partial charge in [-0.05, 0) is 36.4 Å². The number of alkyl halides is 3. The molecule has 1 amide bonds. The summed E-state index contributed by atoms with van der Waals surface area (Å²) in [6, 6.07) is 8.95. The predicted octanol–water partition coefficient (Wildman–Crippen LogP) is 3.58. The zero-order valence-corrected chi connectivity index (χ0v) is 15.9. The molecule has 2 aromatic rings. The molecule has 1 heterocycles. The molecule has 7 nitrogen and oxygen atoms in total. The standard InChI is InChI=1S/C18H17F3N4O3.ClH/c19-18(20,21)13-3-6-15(16(11-13)25(27)28)23-7-9-24(10-8-23)17(26)12-1-4-14(22)5-2-12;/h1-6,11H,7-10,22H2;1H. The van der Waals surface area contributed by atoms with Crippen LogP contribution in [0.15, 0.2) is 42.5 Å². The minimum Gasteiger partial charge on any atom is -0.399 e. The van der Waals surface area contributed by atoms with Crippen LogP contribution in [0.4, 0.5) is 30.2 Å². The summed E-state index contributed by atoms with van der Waals surface area (Å²) in [5.41, 5.74) is 5.06. The van der Waals surface area contributed by atoms with Crippen LogP contribution in [0.1, 0.15) is 15.9 Å². The molecule has 2 aromatic carbocycles. The molecule has 3 rings (SSSR count). The third-order valence-electron chi connectivity index (χ3n) is 4.56. The fourth-order valence-electron chi connectivity index (χ4n) is 3.07. The van der Waals surface area contributed by atoms with E-state index in [2.05, 4.69) is 0 Å². The Morgan fingerprint density at radius 1 is 1.03 bits per heavy atom. The number of nitrogen functional groups attached to an aromatic ring is 1. The molecule has 156 valence electrons. The summed E-state index contributed by atoms with van der Waals surface area (Å²) in [6.07, 6.45) is -4.66. The number of benzene rings is 2. The number of carbonyl (C=O) groups excluding carboxylic acids is 1. The molecule has 0 bridgehead atoms. The van der Waals surface area contributed by atoms with Gasteiger partial charge in [-0.15, -0.1) is 12.4 Å². The van der Waals surface area contributed by atoms with Gasteiger partial charge in [0.05, 0.1) is 10.5 Å². The van der Waals surface area contributed by atoms with Crippen LogP contribution in [0.3, 0.4) is 0 Å². The van der Waals surface area contributed by atoms with Crippen LogP contribution in [0.5, 0.6) is 0 Å². The molecule has 0 atom stereocenters. The molecule has 0 aliphatic carbocycles. The van der Waals surface area contributed by atoms with E-state index in [1.807, 2.05) is 0 Å². The smallest absolute Gasteiger partial charge is 0.399 e. The lowest BCUT2D eigenvalue weighted by Gasteiger charge is -2.36. The molecule has 2 N–H and O–H groups in total. The van der Waals surface area contributed by atoms with Crippen LogP contribution in [-0.2, 0) is 6.18 Å². The summed E-state index contributed by atoms with van der Waals surface area (Å²) < 4.78 is 38.5. The zero-order chi connectivity index (χ0) is 20.5. The first-order chi connectivity index (χ1) is 13.2. The quantitative estimate of drug-likeness (QED) is 0.456. The second-order valence-electron chi connectivity index (χ2n) is 6.36. The van der Waals surface area contributed by atoms with Crippen LogP contribution in [0.2, 0.25) is 0 Å². The predicted molar refractivity (Wildman–Crippen MR) is 104 cm³/mol. The maximum atomic E-state index is 12.8. The van der Waals surface area contributed by atoms with Crippen molar-refractivity contribution in [2.75, 3.05) is 36.8 Å². The topological polar surface area (TPSA) is 92.7 Å². The zero-order valence-electron chi connectivity index (χ0n) is 15.1. The van der Waals surface area contributed by atoms with Gasteiger partial charge in [-0.3, -0.25) is 14.9 Å². The van der Waals surface area contributed by atoms with Gasteiger partial charge in [0.1, 0.15) is 5.69 Å². The van der Waals surface area contributed by atoms with Gasteiger partial charge in [0.15, 0.2) is 0 Å². The van der Waals surface area contributed by atoms with Crippen molar-refractivity contribution < 1.29 is 22.9 Å². The van der Waals surface area contributed by atoms with E-state index in [1.54, 1.807) is 34.1 Å². The van der Waals surface area contributed by atoms with Crippen molar-refractivity contribution in [2.45, 2.75) is 6.18 Å². The summed E-state index contributed by atoms with van der Waals surface area (Å²) in [7, 11) is 0. The lowest BCUT2D eigenvalue weighted by atomic mass is 10.1. The molecule has 0 aromatic heterocycles. The van der Waals surface area contributed by atoms with Crippen LogP contribution >= 0.6 is 12.4 Å². The van der Waals surface area contributed by atoms with Crippen molar-refractivity contribution in [3.8, 4) is 0 Å². The highest BCUT2D eigenvalue weighted by Gasteiger charge is 2.34. The highest BCUT2D eigenvalue weighted by molar-refractivity contribution is 5.94. The van der Waals surface area contributed by atoms with Gasteiger partial charge in [-0.2, -0.15) is 13.2 Å². The maximum absolute atomic E-state index is 12.8. The van der Waals surface area contributed by atoms with E-state index in [4.69, 9.17) is 5.73 Å². The summed E-state index contributed by atoms with van der Waals surface area (Å²) >= 11 is 0. The first-order valence-electron chi connectivity index (χ1n) is 8.42. The van der Waals surface area contributed by atoms with E-state index in [9.17, 15) is 28.1 Å². The molecule has 11 heteroatoms. The van der Waals surface area contributed by atoms with E-state index < -0.39 is 22.4 Å². The van der Waals surface area contributed by atoms with Crippen LogP contribution in [0.25, 0.3) is 0 Å². The number of carbonyl (C=O) groups is 1. The third-order valence-corrected chi connectivity index (χ3v) is 4.56. The average molecular weight is 431 g/mol. The molecular formula is C18H18ClF3N4O3. The van der Waals surface area contributed by atoms with Crippen LogP contribution < -0.4 is 10.6 Å². The Morgan fingerprint density at radius 3 is 2.14 bits per heavy atom. The number of anilines is 2. The maximum Gasteiger partial charge on any atom is 0.416 e. The fraction of sp³-hybridized carbons (Fsp3) is 0.278. The lowest BCUT2D eigenvalue weighted by Crippen LogP contribution is -2.49. The van der Waals surface area contributed by atoms with E-state index in [1.165, 1.54) is 0 Å². The molecule has 1 saturated heterocycles. The monoisotopic (exact) mass is 430 g/mol. The van der Waals surface area contributed by atoms with Crippen molar-refractivity contribution in [3.05, 3.63) is 63.7 Å². The first-order valence-corrected chi connectivity index (χ1v) is 8.42. The van der Waals surface area contributed by atoms with E-state index in [-0.39, 0.29) is 37.1 Å². The number of hydrogen-bond acceptors (Lipinski definition) is 5. The number of rotatable bonds is 3. The van der Waals surface area contributed by atoms with Crippen LogP contribution in [0, 0.1) is 10.1 Å². The molecule has 1 aliphatic rings. The van der Waals surface area contributed by atoms with Crippen molar-refractivity contribution >= 4 is 35.4 Å². The third kappa shape index (κ3) is 4.89. The summed E-state index contributed by atoms with van der Waals surface area (Å²) in [5, 5.41) is 11.3. The minimum atomic E-state index is -4.66. The first kappa shape index (κ1) is 22.3. The van der Waals surface area contributed by atoms with E-state index in [0.29, 0.717) is 30.4 Å². The Balaban J connectivity index is 0.00000300. The fourth-order valence-corrected chi connectivity index (χ4v) is 3.07. The van der Waals surface area contributed by atoms with Gasteiger partial charge in [0.2, 0.25) is 0 Å². The molecule has 0 radical (unpaired) electrons. The average Bonchev–Trinajstić information content (AvgIpc) is 2.67. The summed E-state index contributed by atoms with van der Waals surface area (Å²) in [5.74, 6) is -0.193. The second-order valence-corrected chi connectivity index (χ2v) is 6.36. The van der Waals surface area contributed by atoms with Gasteiger partial charge in [0.25, 0.3) is 11.6 Å². The Kier molecular flexibility index (Phi) is 6.58. The SMILES string of the molecule is Cl.Nc1ccc(C(=O)N2CCN(c3ccc(C(F)(F)F)cc3[N+](=O)[O-])CC2)cc1. The van der Waals surface area contributed by atoms with Gasteiger partial charge in [0, 0.05) is 43.5 Å². The Hall–Kier alpha value is -3.01. The van der Waals surface area contributed by atoms with E-state index in [0.717, 1.165) is 12.1 Å². The molecular weight excluding hydrogens is 413 g/mol. The van der Waals surface area contributed by atoms with E-state index >= 15 is 0 Å². The van der Waals surface area contributed by atoms with Crippen molar-refractivity contribution in [1.29, 1.82) is 0 Å². The number of nitro benzene ring substituents is 1. The van der Waals surface area contributed by atoms with Crippen molar-refractivity contribution in [3.63, 3.8) is 0 Å². The number of halogens is 4. The second kappa shape index (κ2) is 8.56. The Morgan fingerprint density at radius 2 is 1.62 bits per heavy atom. The van der Waals surface area contributed by atoms with Crippen molar-refractivity contribution in [2.24, 2.45) is 0 Å². The number of nitrogens with two attached hydrogens (primary N) is 1. The molecule has 29 heavy (non-hydrogen) atoms. The number of amides is 1.